The Bertz CT molecular complexity index is 700. The van der Waals surface area contributed by atoms with Crippen LogP contribution in [0.2, 0.25) is 0 Å². The lowest BCUT2D eigenvalue weighted by Crippen LogP contribution is -2.42. The van der Waals surface area contributed by atoms with Gasteiger partial charge in [-0.3, -0.25) is 14.3 Å². The summed E-state index contributed by atoms with van der Waals surface area (Å²) in [6.45, 7) is 4.65. The third-order valence-corrected chi connectivity index (χ3v) is 4.79. The van der Waals surface area contributed by atoms with Crippen molar-refractivity contribution in [2.45, 2.75) is 32.4 Å². The smallest absolute Gasteiger partial charge is 0.306 e. The van der Waals surface area contributed by atoms with Crippen molar-refractivity contribution in [2.24, 2.45) is 0 Å². The summed E-state index contributed by atoms with van der Waals surface area (Å²) >= 11 is 1.38. The second-order valence-corrected chi connectivity index (χ2v) is 5.85. The van der Waals surface area contributed by atoms with Crippen LogP contribution in [0.4, 0.5) is 0 Å². The monoisotopic (exact) mass is 279 g/mol. The standard InChI is InChI=1S/C13H17N3O2S/c1-2-15-6-3-4-9(15)8-16-12(17)11-10(5-7-19-11)14-13(16)18/h5,7,9H,2-4,6,8H2,1H3,(H,14,18). The van der Waals surface area contributed by atoms with Crippen molar-refractivity contribution in [1.29, 1.82) is 0 Å². The van der Waals surface area contributed by atoms with E-state index in [9.17, 15) is 9.59 Å². The molecule has 0 radical (unpaired) electrons. The molecule has 102 valence electrons. The van der Waals surface area contributed by atoms with E-state index in [1.54, 1.807) is 6.07 Å². The van der Waals surface area contributed by atoms with Crippen molar-refractivity contribution in [3.05, 3.63) is 32.3 Å². The van der Waals surface area contributed by atoms with E-state index in [1.807, 2.05) is 5.38 Å². The van der Waals surface area contributed by atoms with E-state index in [1.165, 1.54) is 15.9 Å². The maximum Gasteiger partial charge on any atom is 0.328 e. The molecule has 1 saturated heterocycles. The third kappa shape index (κ3) is 2.15. The molecule has 6 heteroatoms. The molecule has 0 saturated carbocycles. The largest absolute Gasteiger partial charge is 0.328 e. The van der Waals surface area contributed by atoms with Crippen LogP contribution in [0.5, 0.6) is 0 Å². The summed E-state index contributed by atoms with van der Waals surface area (Å²) in [6, 6.07) is 2.09. The molecular formula is C13H17N3O2S. The van der Waals surface area contributed by atoms with Crippen LogP contribution in [0, 0.1) is 0 Å². The van der Waals surface area contributed by atoms with Gasteiger partial charge in [0.05, 0.1) is 5.52 Å². The van der Waals surface area contributed by atoms with Gasteiger partial charge >= 0.3 is 5.69 Å². The van der Waals surface area contributed by atoms with Crippen molar-refractivity contribution in [1.82, 2.24) is 14.5 Å². The minimum absolute atomic E-state index is 0.156. The summed E-state index contributed by atoms with van der Waals surface area (Å²) in [5, 5.41) is 1.83. The van der Waals surface area contributed by atoms with Gasteiger partial charge in [-0.15, -0.1) is 11.3 Å². The lowest BCUT2D eigenvalue weighted by Gasteiger charge is -2.22. The SMILES string of the molecule is CCN1CCCC1Cn1c(=O)[nH]c2ccsc2c1=O. The Kier molecular flexibility index (Phi) is 3.28. The first kappa shape index (κ1) is 12.6. The van der Waals surface area contributed by atoms with Gasteiger partial charge in [0.1, 0.15) is 4.70 Å². The van der Waals surface area contributed by atoms with Crippen LogP contribution in [0.25, 0.3) is 10.2 Å². The number of H-pyrrole nitrogens is 1. The molecule has 19 heavy (non-hydrogen) atoms. The quantitative estimate of drug-likeness (QED) is 0.919. The number of rotatable bonds is 3. The zero-order valence-corrected chi connectivity index (χ0v) is 11.7. The highest BCUT2D eigenvalue weighted by Gasteiger charge is 2.24. The summed E-state index contributed by atoms with van der Waals surface area (Å²) < 4.78 is 2.00. The van der Waals surface area contributed by atoms with Crippen molar-refractivity contribution in [3.8, 4) is 0 Å². The van der Waals surface area contributed by atoms with E-state index in [4.69, 9.17) is 0 Å². The Morgan fingerprint density at radius 3 is 3.11 bits per heavy atom. The molecule has 0 spiro atoms. The number of fused-ring (bicyclic) bond motifs is 1. The van der Waals surface area contributed by atoms with E-state index in [0.29, 0.717) is 22.8 Å². The Labute approximate surface area is 114 Å². The highest BCUT2D eigenvalue weighted by atomic mass is 32.1. The highest BCUT2D eigenvalue weighted by Crippen LogP contribution is 2.18. The molecule has 1 N–H and O–H groups in total. The molecule has 1 aliphatic heterocycles. The first-order chi connectivity index (χ1) is 9.20. The number of hydrogen-bond acceptors (Lipinski definition) is 4. The van der Waals surface area contributed by atoms with Gasteiger partial charge in [0, 0.05) is 12.6 Å². The average Bonchev–Trinajstić information content (AvgIpc) is 3.02. The molecule has 2 aromatic rings. The van der Waals surface area contributed by atoms with Crippen LogP contribution in [0.1, 0.15) is 19.8 Å². The number of aromatic amines is 1. The fraction of sp³-hybridized carbons (Fsp3) is 0.538. The Hall–Kier alpha value is -1.40. The number of nitrogens with zero attached hydrogens (tertiary/aromatic N) is 2. The van der Waals surface area contributed by atoms with Gasteiger partial charge in [0.15, 0.2) is 0 Å². The normalized spacial score (nSPS) is 20.4. The van der Waals surface area contributed by atoms with Crippen LogP contribution in [-0.4, -0.2) is 33.6 Å². The van der Waals surface area contributed by atoms with Crippen LogP contribution >= 0.6 is 11.3 Å². The van der Waals surface area contributed by atoms with Gasteiger partial charge in [-0.2, -0.15) is 0 Å². The minimum Gasteiger partial charge on any atom is -0.306 e. The fourth-order valence-electron chi connectivity index (χ4n) is 2.87. The van der Waals surface area contributed by atoms with E-state index in [-0.39, 0.29) is 11.2 Å². The zero-order valence-electron chi connectivity index (χ0n) is 10.9. The summed E-state index contributed by atoms with van der Waals surface area (Å²) in [6.07, 6.45) is 2.20. The van der Waals surface area contributed by atoms with E-state index in [0.717, 1.165) is 25.9 Å². The fourth-order valence-corrected chi connectivity index (χ4v) is 3.66. The number of aromatic nitrogens is 2. The lowest BCUT2D eigenvalue weighted by molar-refractivity contribution is 0.240. The maximum atomic E-state index is 12.3. The van der Waals surface area contributed by atoms with Crippen molar-refractivity contribution in [2.75, 3.05) is 13.1 Å². The predicted molar refractivity (Wildman–Crippen MR) is 77.0 cm³/mol. The highest BCUT2D eigenvalue weighted by molar-refractivity contribution is 7.17. The van der Waals surface area contributed by atoms with Crippen molar-refractivity contribution >= 4 is 21.6 Å². The van der Waals surface area contributed by atoms with Crippen molar-refractivity contribution in [3.63, 3.8) is 0 Å². The van der Waals surface area contributed by atoms with Gasteiger partial charge in [0.25, 0.3) is 5.56 Å². The Morgan fingerprint density at radius 2 is 2.32 bits per heavy atom. The topological polar surface area (TPSA) is 58.1 Å². The molecule has 0 amide bonds. The lowest BCUT2D eigenvalue weighted by atomic mass is 10.2. The number of hydrogen-bond donors (Lipinski definition) is 1. The summed E-state index contributed by atoms with van der Waals surface area (Å²) in [5.74, 6) is 0. The Morgan fingerprint density at radius 1 is 1.47 bits per heavy atom. The molecule has 3 heterocycles. The molecule has 0 bridgehead atoms. The second kappa shape index (κ2) is 4.94. The second-order valence-electron chi connectivity index (χ2n) is 4.93. The van der Waals surface area contributed by atoms with E-state index < -0.39 is 0 Å². The molecule has 3 rings (SSSR count). The van der Waals surface area contributed by atoms with Gasteiger partial charge < -0.3 is 4.98 Å². The molecule has 1 atom stereocenters. The van der Waals surface area contributed by atoms with Crippen LogP contribution in [0.15, 0.2) is 21.0 Å². The number of likely N-dealkylation sites (tertiary alicyclic amines) is 1. The van der Waals surface area contributed by atoms with E-state index in [2.05, 4.69) is 16.8 Å². The molecule has 0 aromatic carbocycles. The van der Waals surface area contributed by atoms with Crippen LogP contribution < -0.4 is 11.2 Å². The minimum atomic E-state index is -0.293. The first-order valence-corrected chi connectivity index (χ1v) is 7.53. The van der Waals surface area contributed by atoms with Gasteiger partial charge in [-0.1, -0.05) is 6.92 Å². The summed E-state index contributed by atoms with van der Waals surface area (Å²) in [5.41, 5.74) is 0.200. The van der Waals surface area contributed by atoms with Gasteiger partial charge in [-0.05, 0) is 37.4 Å². The molecule has 2 aromatic heterocycles. The summed E-state index contributed by atoms with van der Waals surface area (Å²) in [4.78, 5) is 29.5. The van der Waals surface area contributed by atoms with E-state index >= 15 is 0 Å². The molecule has 0 aliphatic carbocycles. The third-order valence-electron chi connectivity index (χ3n) is 3.89. The molecule has 1 aliphatic rings. The maximum absolute atomic E-state index is 12.3. The average molecular weight is 279 g/mol. The predicted octanol–water partition coefficient (Wildman–Crippen LogP) is 1.24. The summed E-state index contributed by atoms with van der Waals surface area (Å²) in [7, 11) is 0. The van der Waals surface area contributed by atoms with Crippen LogP contribution in [-0.2, 0) is 6.54 Å². The number of thiophene rings is 1. The first-order valence-electron chi connectivity index (χ1n) is 6.65. The molecule has 1 fully saturated rings. The molecule has 5 nitrogen and oxygen atoms in total. The Balaban J connectivity index is 2.01. The van der Waals surface area contributed by atoms with Crippen LogP contribution in [0.3, 0.4) is 0 Å². The molecular weight excluding hydrogens is 262 g/mol. The zero-order chi connectivity index (χ0) is 13.4. The number of nitrogens with one attached hydrogen (secondary N) is 1. The number of likely N-dealkylation sites (N-methyl/N-ethyl adjacent to an activating group) is 1. The molecule has 1 unspecified atom stereocenters. The van der Waals surface area contributed by atoms with Gasteiger partial charge in [0.2, 0.25) is 0 Å². The van der Waals surface area contributed by atoms with Gasteiger partial charge in [-0.25, -0.2) is 4.79 Å². The van der Waals surface area contributed by atoms with Crippen molar-refractivity contribution < 1.29 is 0 Å².